The summed E-state index contributed by atoms with van der Waals surface area (Å²) in [6.45, 7) is 5.02. The van der Waals surface area contributed by atoms with Crippen molar-refractivity contribution in [3.05, 3.63) is 12.4 Å². The number of nitrogens with two attached hydrogens (primary N) is 1. The van der Waals surface area contributed by atoms with Crippen LogP contribution in [0.3, 0.4) is 0 Å². The summed E-state index contributed by atoms with van der Waals surface area (Å²) >= 11 is 0. The summed E-state index contributed by atoms with van der Waals surface area (Å²) in [6.07, 6.45) is 4.97. The highest BCUT2D eigenvalue weighted by molar-refractivity contribution is 5.36. The molecule has 1 aromatic rings. The van der Waals surface area contributed by atoms with Gasteiger partial charge in [0.15, 0.2) is 0 Å². The van der Waals surface area contributed by atoms with Crippen molar-refractivity contribution in [2.75, 3.05) is 24.2 Å². The lowest BCUT2D eigenvalue weighted by Gasteiger charge is -2.29. The maximum atomic E-state index is 9.40. The normalized spacial score (nSPS) is 11.4. The molecule has 0 atom stereocenters. The molecule has 1 rings (SSSR count). The standard InChI is InChI=1S/C11H20N4O/c1-3-11(4-2,8-16)7-15-10-6-13-9(12)5-14-10/h5-6,16H,3-4,7-8H2,1-2H3,(H2,12,13)(H,14,15). The van der Waals surface area contributed by atoms with Crippen molar-refractivity contribution < 1.29 is 5.11 Å². The molecule has 0 aliphatic rings. The highest BCUT2D eigenvalue weighted by Crippen LogP contribution is 2.25. The number of aromatic nitrogens is 2. The summed E-state index contributed by atoms with van der Waals surface area (Å²) in [5, 5.41) is 12.6. The maximum absolute atomic E-state index is 9.40. The van der Waals surface area contributed by atoms with Crippen LogP contribution < -0.4 is 11.1 Å². The van der Waals surface area contributed by atoms with E-state index in [-0.39, 0.29) is 12.0 Å². The topological polar surface area (TPSA) is 84.1 Å². The van der Waals surface area contributed by atoms with Crippen LogP contribution in [0.2, 0.25) is 0 Å². The van der Waals surface area contributed by atoms with Gasteiger partial charge in [-0.05, 0) is 12.8 Å². The van der Waals surface area contributed by atoms with Gasteiger partial charge in [0, 0.05) is 12.0 Å². The Bertz CT molecular complexity index is 300. The third kappa shape index (κ3) is 3.06. The minimum absolute atomic E-state index is 0.0803. The molecule has 0 aliphatic carbocycles. The maximum Gasteiger partial charge on any atom is 0.144 e. The quantitative estimate of drug-likeness (QED) is 0.677. The van der Waals surface area contributed by atoms with Crippen LogP contribution in [0, 0.1) is 5.41 Å². The van der Waals surface area contributed by atoms with E-state index >= 15 is 0 Å². The molecule has 0 spiro atoms. The number of nitrogens with zero attached hydrogens (tertiary/aromatic N) is 2. The van der Waals surface area contributed by atoms with Crippen molar-refractivity contribution in [2.24, 2.45) is 5.41 Å². The van der Waals surface area contributed by atoms with Gasteiger partial charge in [0.2, 0.25) is 0 Å². The van der Waals surface area contributed by atoms with E-state index < -0.39 is 0 Å². The summed E-state index contributed by atoms with van der Waals surface area (Å²) in [5.74, 6) is 1.10. The van der Waals surface area contributed by atoms with E-state index in [1.807, 2.05) is 0 Å². The Morgan fingerprint density at radius 3 is 2.44 bits per heavy atom. The first-order chi connectivity index (χ1) is 7.65. The largest absolute Gasteiger partial charge is 0.396 e. The van der Waals surface area contributed by atoms with E-state index in [1.54, 1.807) is 6.20 Å². The van der Waals surface area contributed by atoms with Crippen LogP contribution in [0.5, 0.6) is 0 Å². The molecule has 1 aromatic heterocycles. The molecule has 0 radical (unpaired) electrons. The average Bonchev–Trinajstić information content (AvgIpc) is 2.34. The molecule has 0 unspecified atom stereocenters. The van der Waals surface area contributed by atoms with Crippen LogP contribution in [-0.4, -0.2) is 28.2 Å². The number of hydrogen-bond donors (Lipinski definition) is 3. The Labute approximate surface area is 96.1 Å². The van der Waals surface area contributed by atoms with E-state index in [0.29, 0.717) is 18.2 Å². The second-order valence-corrected chi connectivity index (χ2v) is 4.05. The highest BCUT2D eigenvalue weighted by atomic mass is 16.3. The van der Waals surface area contributed by atoms with Crippen LogP contribution in [0.1, 0.15) is 26.7 Å². The second kappa shape index (κ2) is 5.65. The molecule has 0 saturated carbocycles. The van der Waals surface area contributed by atoms with Crippen molar-refractivity contribution in [3.63, 3.8) is 0 Å². The smallest absolute Gasteiger partial charge is 0.144 e. The lowest BCUT2D eigenvalue weighted by atomic mass is 9.83. The van der Waals surface area contributed by atoms with Crippen molar-refractivity contribution in [3.8, 4) is 0 Å². The van der Waals surface area contributed by atoms with Gasteiger partial charge in [-0.25, -0.2) is 9.97 Å². The van der Waals surface area contributed by atoms with E-state index in [9.17, 15) is 5.11 Å². The molecule has 5 heteroatoms. The van der Waals surface area contributed by atoms with Gasteiger partial charge in [-0.15, -0.1) is 0 Å². The SMILES string of the molecule is CCC(CC)(CO)CNc1cnc(N)cn1. The molecule has 1 heterocycles. The number of nitrogens with one attached hydrogen (secondary N) is 1. The molecule has 0 amide bonds. The first kappa shape index (κ1) is 12.7. The zero-order valence-electron chi connectivity index (χ0n) is 9.90. The molecule has 16 heavy (non-hydrogen) atoms. The lowest BCUT2D eigenvalue weighted by molar-refractivity contribution is 0.127. The lowest BCUT2D eigenvalue weighted by Crippen LogP contribution is -2.32. The van der Waals surface area contributed by atoms with Crippen LogP contribution in [0.4, 0.5) is 11.6 Å². The number of aliphatic hydroxyl groups excluding tert-OH is 1. The Hall–Kier alpha value is -1.36. The van der Waals surface area contributed by atoms with Gasteiger partial charge in [0.1, 0.15) is 11.6 Å². The first-order valence-electron chi connectivity index (χ1n) is 5.58. The Balaban J connectivity index is 2.58. The van der Waals surface area contributed by atoms with Crippen LogP contribution in [0.15, 0.2) is 12.4 Å². The summed E-state index contributed by atoms with van der Waals surface area (Å²) < 4.78 is 0. The summed E-state index contributed by atoms with van der Waals surface area (Å²) in [6, 6.07) is 0. The van der Waals surface area contributed by atoms with Gasteiger partial charge in [-0.1, -0.05) is 13.8 Å². The highest BCUT2D eigenvalue weighted by Gasteiger charge is 2.24. The van der Waals surface area contributed by atoms with Crippen molar-refractivity contribution in [1.29, 1.82) is 0 Å². The number of aliphatic hydroxyl groups is 1. The summed E-state index contributed by atoms with van der Waals surface area (Å²) in [5.41, 5.74) is 5.37. The van der Waals surface area contributed by atoms with Gasteiger partial charge in [-0.3, -0.25) is 0 Å². The monoisotopic (exact) mass is 224 g/mol. The van der Waals surface area contributed by atoms with E-state index in [1.165, 1.54) is 6.20 Å². The molecule has 0 aromatic carbocycles. The molecule has 90 valence electrons. The van der Waals surface area contributed by atoms with Crippen molar-refractivity contribution >= 4 is 11.6 Å². The third-order valence-electron chi connectivity index (χ3n) is 3.15. The van der Waals surface area contributed by atoms with Crippen molar-refractivity contribution in [1.82, 2.24) is 9.97 Å². The van der Waals surface area contributed by atoms with Gasteiger partial charge in [0.25, 0.3) is 0 Å². The van der Waals surface area contributed by atoms with Crippen LogP contribution in [-0.2, 0) is 0 Å². The first-order valence-corrected chi connectivity index (χ1v) is 5.58. The van der Waals surface area contributed by atoms with Crippen LogP contribution in [0.25, 0.3) is 0 Å². The van der Waals surface area contributed by atoms with E-state index in [0.717, 1.165) is 12.8 Å². The molecular formula is C11H20N4O. The molecular weight excluding hydrogens is 204 g/mol. The molecule has 5 nitrogen and oxygen atoms in total. The minimum atomic E-state index is -0.0803. The summed E-state index contributed by atoms with van der Waals surface area (Å²) in [4.78, 5) is 8.05. The Kier molecular flexibility index (Phi) is 4.49. The molecule has 0 bridgehead atoms. The fraction of sp³-hybridized carbons (Fsp3) is 0.636. The number of nitrogen functional groups attached to an aromatic ring is 1. The van der Waals surface area contributed by atoms with Crippen molar-refractivity contribution in [2.45, 2.75) is 26.7 Å². The van der Waals surface area contributed by atoms with E-state index in [2.05, 4.69) is 29.1 Å². The predicted octanol–water partition coefficient (Wildman–Crippen LogP) is 1.27. The molecule has 4 N–H and O–H groups in total. The zero-order chi connectivity index (χ0) is 12.0. The average molecular weight is 224 g/mol. The Morgan fingerprint density at radius 2 is 2.00 bits per heavy atom. The van der Waals surface area contributed by atoms with E-state index in [4.69, 9.17) is 5.73 Å². The zero-order valence-corrected chi connectivity index (χ0v) is 9.90. The minimum Gasteiger partial charge on any atom is -0.396 e. The number of anilines is 2. The fourth-order valence-corrected chi connectivity index (χ4v) is 1.49. The fourth-order valence-electron chi connectivity index (χ4n) is 1.49. The molecule has 0 aliphatic heterocycles. The molecule has 0 fully saturated rings. The predicted molar refractivity (Wildman–Crippen MR) is 65.0 cm³/mol. The summed E-state index contributed by atoms with van der Waals surface area (Å²) in [7, 11) is 0. The number of rotatable bonds is 6. The van der Waals surface area contributed by atoms with Gasteiger partial charge >= 0.3 is 0 Å². The van der Waals surface area contributed by atoms with Gasteiger partial charge < -0.3 is 16.2 Å². The van der Waals surface area contributed by atoms with Gasteiger partial charge in [0.05, 0.1) is 19.0 Å². The van der Waals surface area contributed by atoms with Gasteiger partial charge in [-0.2, -0.15) is 0 Å². The number of hydrogen-bond acceptors (Lipinski definition) is 5. The molecule has 0 saturated heterocycles. The second-order valence-electron chi connectivity index (χ2n) is 4.05. The Morgan fingerprint density at radius 1 is 1.31 bits per heavy atom. The third-order valence-corrected chi connectivity index (χ3v) is 3.15. The van der Waals surface area contributed by atoms with Crippen LogP contribution >= 0.6 is 0 Å².